The summed E-state index contributed by atoms with van der Waals surface area (Å²) < 4.78 is 39.2. The number of rotatable bonds is 8. The summed E-state index contributed by atoms with van der Waals surface area (Å²) in [6.45, 7) is 3.06. The van der Waals surface area contributed by atoms with Gasteiger partial charge in [0.2, 0.25) is 16.0 Å². The molecule has 1 unspecified atom stereocenters. The zero-order valence-electron chi connectivity index (χ0n) is 18.6. The molecular formula is C21H26ClFN8O2S. The maximum atomic E-state index is 13.3. The van der Waals surface area contributed by atoms with E-state index in [1.807, 2.05) is 11.8 Å². The van der Waals surface area contributed by atoms with E-state index in [1.165, 1.54) is 12.1 Å². The molecule has 0 amide bonds. The molecule has 3 aromatic rings. The first kappa shape index (κ1) is 25.5. The molecule has 0 radical (unpaired) electrons. The third kappa shape index (κ3) is 6.95. The standard InChI is InChI=1S/C21H25FN8O2S.ClH/c1-14(15-3-5-16(22)6-4-15)25-21-27-18(26-19-12-23-8-9-24-19)11-20(28-21)30-10-7-17(13-30)29-33(2,31)32;/h3-6,8-9,11-12,14,17,29H,7,10,13H2,1-2H3,(H2,24,25,26,27,28);1H/t14-,17?;/m0./s1. The van der Waals surface area contributed by atoms with Gasteiger partial charge >= 0.3 is 0 Å². The monoisotopic (exact) mass is 508 g/mol. The van der Waals surface area contributed by atoms with Crippen molar-refractivity contribution < 1.29 is 12.8 Å². The molecule has 10 nitrogen and oxygen atoms in total. The van der Waals surface area contributed by atoms with E-state index in [0.717, 1.165) is 11.8 Å². The first-order chi connectivity index (χ1) is 15.7. The van der Waals surface area contributed by atoms with Crippen LogP contribution in [-0.2, 0) is 10.0 Å². The molecule has 0 saturated carbocycles. The normalized spacial score (nSPS) is 16.6. The zero-order chi connectivity index (χ0) is 23.4. The van der Waals surface area contributed by atoms with Gasteiger partial charge in [-0.25, -0.2) is 22.5 Å². The van der Waals surface area contributed by atoms with E-state index in [4.69, 9.17) is 0 Å². The van der Waals surface area contributed by atoms with Gasteiger partial charge in [-0.05, 0) is 31.0 Å². The number of hydrogen-bond donors (Lipinski definition) is 3. The summed E-state index contributed by atoms with van der Waals surface area (Å²) in [6, 6.07) is 7.64. The molecular weight excluding hydrogens is 483 g/mol. The van der Waals surface area contributed by atoms with Gasteiger partial charge in [0.25, 0.3) is 0 Å². The van der Waals surface area contributed by atoms with Crippen molar-refractivity contribution in [3.63, 3.8) is 0 Å². The van der Waals surface area contributed by atoms with Crippen molar-refractivity contribution >= 4 is 45.8 Å². The van der Waals surface area contributed by atoms with Crippen LogP contribution in [0.5, 0.6) is 0 Å². The number of benzene rings is 1. The van der Waals surface area contributed by atoms with Crippen LogP contribution in [0.2, 0.25) is 0 Å². The molecule has 182 valence electrons. The Morgan fingerprint density at radius 3 is 2.59 bits per heavy atom. The minimum absolute atomic E-state index is 0. The van der Waals surface area contributed by atoms with Gasteiger partial charge < -0.3 is 15.5 Å². The molecule has 1 aromatic carbocycles. The van der Waals surface area contributed by atoms with Crippen LogP contribution in [0.4, 0.5) is 27.8 Å². The lowest BCUT2D eigenvalue weighted by Crippen LogP contribution is -2.36. The molecule has 1 fully saturated rings. The highest BCUT2D eigenvalue weighted by molar-refractivity contribution is 7.88. The third-order valence-electron chi connectivity index (χ3n) is 5.14. The van der Waals surface area contributed by atoms with Crippen LogP contribution >= 0.6 is 12.4 Å². The van der Waals surface area contributed by atoms with Gasteiger partial charge in [0.05, 0.1) is 18.5 Å². The van der Waals surface area contributed by atoms with Crippen molar-refractivity contribution in [3.8, 4) is 0 Å². The smallest absolute Gasteiger partial charge is 0.227 e. The summed E-state index contributed by atoms with van der Waals surface area (Å²) in [5, 5.41) is 6.38. The van der Waals surface area contributed by atoms with Gasteiger partial charge in [-0.1, -0.05) is 12.1 Å². The average Bonchev–Trinajstić information content (AvgIpc) is 3.21. The number of halogens is 2. The van der Waals surface area contributed by atoms with Crippen molar-refractivity contribution in [1.82, 2.24) is 24.7 Å². The fourth-order valence-corrected chi connectivity index (χ4v) is 4.41. The van der Waals surface area contributed by atoms with Crippen LogP contribution in [-0.4, -0.2) is 53.7 Å². The number of hydrogen-bond acceptors (Lipinski definition) is 9. The quantitative estimate of drug-likeness (QED) is 0.421. The highest BCUT2D eigenvalue weighted by Crippen LogP contribution is 2.26. The Hall–Kier alpha value is -3.09. The van der Waals surface area contributed by atoms with Crippen LogP contribution in [0.15, 0.2) is 48.9 Å². The number of sulfonamides is 1. The lowest BCUT2D eigenvalue weighted by atomic mass is 10.1. The average molecular weight is 509 g/mol. The Morgan fingerprint density at radius 2 is 1.91 bits per heavy atom. The highest BCUT2D eigenvalue weighted by Gasteiger charge is 2.26. The molecule has 0 aliphatic carbocycles. The molecule has 1 aliphatic rings. The summed E-state index contributed by atoms with van der Waals surface area (Å²) in [5.74, 6) is 1.75. The molecule has 2 aromatic heterocycles. The van der Waals surface area contributed by atoms with E-state index in [1.54, 1.807) is 36.8 Å². The second-order valence-electron chi connectivity index (χ2n) is 7.89. The largest absolute Gasteiger partial charge is 0.355 e. The minimum Gasteiger partial charge on any atom is -0.355 e. The lowest BCUT2D eigenvalue weighted by Gasteiger charge is -2.21. The maximum absolute atomic E-state index is 13.3. The Morgan fingerprint density at radius 1 is 1.15 bits per heavy atom. The fourth-order valence-electron chi connectivity index (χ4n) is 3.62. The molecule has 3 heterocycles. The van der Waals surface area contributed by atoms with E-state index >= 15 is 0 Å². The molecule has 0 bridgehead atoms. The second-order valence-corrected chi connectivity index (χ2v) is 9.67. The van der Waals surface area contributed by atoms with E-state index in [0.29, 0.717) is 42.9 Å². The van der Waals surface area contributed by atoms with Gasteiger partial charge in [-0.3, -0.25) is 4.98 Å². The Kier molecular flexibility index (Phi) is 8.18. The lowest BCUT2D eigenvalue weighted by molar-refractivity contribution is 0.567. The zero-order valence-corrected chi connectivity index (χ0v) is 20.3. The van der Waals surface area contributed by atoms with Crippen molar-refractivity contribution in [1.29, 1.82) is 0 Å². The van der Waals surface area contributed by atoms with Crippen molar-refractivity contribution in [2.75, 3.05) is 34.9 Å². The molecule has 2 atom stereocenters. The Bertz CT molecular complexity index is 1200. The minimum atomic E-state index is -3.30. The SMILES string of the molecule is C[C@H](Nc1nc(Nc2cnccn2)cc(N2CCC(NS(C)(=O)=O)C2)n1)c1ccc(F)cc1.Cl. The Balaban J connectivity index is 0.00000324. The van der Waals surface area contributed by atoms with E-state index in [-0.39, 0.29) is 30.3 Å². The predicted octanol–water partition coefficient (Wildman–Crippen LogP) is 2.87. The van der Waals surface area contributed by atoms with Crippen molar-refractivity contribution in [2.24, 2.45) is 0 Å². The molecule has 3 N–H and O–H groups in total. The molecule has 0 spiro atoms. The summed E-state index contributed by atoms with van der Waals surface area (Å²) in [7, 11) is -3.30. The Labute approximate surface area is 203 Å². The summed E-state index contributed by atoms with van der Waals surface area (Å²) >= 11 is 0. The molecule has 4 rings (SSSR count). The first-order valence-corrected chi connectivity index (χ1v) is 12.3. The van der Waals surface area contributed by atoms with Crippen LogP contribution in [0, 0.1) is 5.82 Å². The van der Waals surface area contributed by atoms with Crippen LogP contribution < -0.4 is 20.3 Å². The van der Waals surface area contributed by atoms with E-state index in [9.17, 15) is 12.8 Å². The molecule has 1 aliphatic heterocycles. The number of nitrogens with one attached hydrogen (secondary N) is 3. The number of anilines is 4. The van der Waals surface area contributed by atoms with Crippen molar-refractivity contribution in [2.45, 2.75) is 25.4 Å². The third-order valence-corrected chi connectivity index (χ3v) is 5.90. The van der Waals surface area contributed by atoms with Gasteiger partial charge in [-0.2, -0.15) is 9.97 Å². The first-order valence-electron chi connectivity index (χ1n) is 10.4. The van der Waals surface area contributed by atoms with Crippen LogP contribution in [0.25, 0.3) is 0 Å². The van der Waals surface area contributed by atoms with Crippen LogP contribution in [0.3, 0.4) is 0 Å². The van der Waals surface area contributed by atoms with Gasteiger partial charge in [-0.15, -0.1) is 12.4 Å². The van der Waals surface area contributed by atoms with E-state index < -0.39 is 10.0 Å². The molecule has 34 heavy (non-hydrogen) atoms. The molecule has 1 saturated heterocycles. The van der Waals surface area contributed by atoms with E-state index in [2.05, 4.69) is 35.3 Å². The summed E-state index contributed by atoms with van der Waals surface area (Å²) in [4.78, 5) is 19.5. The fraction of sp³-hybridized carbons (Fsp3) is 0.333. The molecule has 13 heteroatoms. The predicted molar refractivity (Wildman–Crippen MR) is 132 cm³/mol. The van der Waals surface area contributed by atoms with Gasteiger partial charge in [0.1, 0.15) is 23.3 Å². The number of nitrogens with zero attached hydrogens (tertiary/aromatic N) is 5. The topological polar surface area (TPSA) is 125 Å². The van der Waals surface area contributed by atoms with Crippen LogP contribution in [0.1, 0.15) is 24.9 Å². The van der Waals surface area contributed by atoms with Gasteiger partial charge in [0, 0.05) is 37.6 Å². The maximum Gasteiger partial charge on any atom is 0.227 e. The summed E-state index contributed by atoms with van der Waals surface area (Å²) in [6.07, 6.45) is 6.55. The second kappa shape index (κ2) is 10.9. The van der Waals surface area contributed by atoms with Gasteiger partial charge in [0.15, 0.2) is 0 Å². The number of aromatic nitrogens is 4. The summed E-state index contributed by atoms with van der Waals surface area (Å²) in [5.41, 5.74) is 0.882. The highest BCUT2D eigenvalue weighted by atomic mass is 35.5. The van der Waals surface area contributed by atoms with Crippen molar-refractivity contribution in [3.05, 3.63) is 60.3 Å².